The molecule has 1 fully saturated rings. The van der Waals surface area contributed by atoms with Gasteiger partial charge in [-0.3, -0.25) is 4.79 Å². The Morgan fingerprint density at radius 3 is 2.62 bits per heavy atom. The third-order valence-electron chi connectivity index (χ3n) is 2.07. The average Bonchev–Trinajstić information content (AvgIpc) is 2.01. The SMILES string of the molecule is C[Si](C)(C)OCN1CCCCC1=O. The fraction of sp³-hybridized carbons (Fsp3) is 0.889. The quantitative estimate of drug-likeness (QED) is 0.652. The van der Waals surface area contributed by atoms with E-state index in [1.807, 2.05) is 4.90 Å². The second-order valence-electron chi connectivity index (χ2n) is 4.50. The summed E-state index contributed by atoms with van der Waals surface area (Å²) in [5, 5.41) is 0. The maximum absolute atomic E-state index is 11.4. The lowest BCUT2D eigenvalue weighted by atomic mass is 10.1. The van der Waals surface area contributed by atoms with Gasteiger partial charge in [-0.2, -0.15) is 0 Å². The zero-order chi connectivity index (χ0) is 9.90. The van der Waals surface area contributed by atoms with Crippen molar-refractivity contribution in [2.75, 3.05) is 13.3 Å². The molecule has 0 aromatic rings. The van der Waals surface area contributed by atoms with Crippen molar-refractivity contribution in [1.29, 1.82) is 0 Å². The highest BCUT2D eigenvalue weighted by molar-refractivity contribution is 6.69. The first kappa shape index (κ1) is 10.7. The molecule has 1 aliphatic rings. The van der Waals surface area contributed by atoms with Crippen molar-refractivity contribution in [3.05, 3.63) is 0 Å². The van der Waals surface area contributed by atoms with E-state index in [1.54, 1.807) is 0 Å². The number of amides is 1. The molecule has 0 spiro atoms. The van der Waals surface area contributed by atoms with E-state index in [1.165, 1.54) is 0 Å². The standard InChI is InChI=1S/C9H19NO2Si/c1-13(2,3)12-8-10-7-5-4-6-9(10)11/h4-8H2,1-3H3. The van der Waals surface area contributed by atoms with Crippen LogP contribution < -0.4 is 0 Å². The number of carbonyl (C=O) groups excluding carboxylic acids is 1. The molecule has 13 heavy (non-hydrogen) atoms. The lowest BCUT2D eigenvalue weighted by Crippen LogP contribution is -2.40. The molecule has 0 aromatic carbocycles. The summed E-state index contributed by atoms with van der Waals surface area (Å²) in [6, 6.07) is 0. The molecule has 0 aliphatic carbocycles. The van der Waals surface area contributed by atoms with E-state index in [9.17, 15) is 4.79 Å². The Hall–Kier alpha value is -0.353. The van der Waals surface area contributed by atoms with Gasteiger partial charge in [0.1, 0.15) is 6.73 Å². The molecule has 0 radical (unpaired) electrons. The van der Waals surface area contributed by atoms with Crippen LogP contribution >= 0.6 is 0 Å². The Morgan fingerprint density at radius 1 is 1.38 bits per heavy atom. The maximum Gasteiger partial charge on any atom is 0.224 e. The van der Waals surface area contributed by atoms with Crippen molar-refractivity contribution in [3.63, 3.8) is 0 Å². The van der Waals surface area contributed by atoms with Crippen molar-refractivity contribution in [2.45, 2.75) is 38.9 Å². The number of piperidine rings is 1. The van der Waals surface area contributed by atoms with Gasteiger partial charge >= 0.3 is 0 Å². The predicted molar refractivity (Wildman–Crippen MR) is 54.9 cm³/mol. The third kappa shape index (κ3) is 3.91. The van der Waals surface area contributed by atoms with Crippen LogP contribution in [-0.2, 0) is 9.22 Å². The molecule has 4 heteroatoms. The minimum atomic E-state index is -1.46. The molecule has 0 atom stereocenters. The van der Waals surface area contributed by atoms with Crippen LogP contribution in [0.25, 0.3) is 0 Å². The summed E-state index contributed by atoms with van der Waals surface area (Å²) in [5.41, 5.74) is 0. The normalized spacial score (nSPS) is 19.3. The molecule has 3 nitrogen and oxygen atoms in total. The van der Waals surface area contributed by atoms with Gasteiger partial charge in [0, 0.05) is 13.0 Å². The number of nitrogens with zero attached hydrogens (tertiary/aromatic N) is 1. The van der Waals surface area contributed by atoms with Crippen molar-refractivity contribution in [1.82, 2.24) is 4.90 Å². The molecular formula is C9H19NO2Si. The average molecular weight is 201 g/mol. The number of rotatable bonds is 3. The van der Waals surface area contributed by atoms with Gasteiger partial charge in [0.25, 0.3) is 0 Å². The molecule has 1 heterocycles. The van der Waals surface area contributed by atoms with Crippen LogP contribution in [0.1, 0.15) is 19.3 Å². The van der Waals surface area contributed by atoms with Crippen LogP contribution in [0.5, 0.6) is 0 Å². The molecule has 0 saturated carbocycles. The Balaban J connectivity index is 2.31. The van der Waals surface area contributed by atoms with Crippen LogP contribution in [-0.4, -0.2) is 32.4 Å². The molecule has 0 aromatic heterocycles. The van der Waals surface area contributed by atoms with E-state index < -0.39 is 8.32 Å². The number of hydrogen-bond acceptors (Lipinski definition) is 2. The molecule has 1 rings (SSSR count). The number of carbonyl (C=O) groups is 1. The van der Waals surface area contributed by atoms with Crippen molar-refractivity contribution in [3.8, 4) is 0 Å². The summed E-state index contributed by atoms with van der Waals surface area (Å²) in [5.74, 6) is 0.254. The lowest BCUT2D eigenvalue weighted by Gasteiger charge is -2.29. The fourth-order valence-corrected chi connectivity index (χ4v) is 1.81. The van der Waals surface area contributed by atoms with E-state index in [4.69, 9.17) is 4.43 Å². The number of likely N-dealkylation sites (tertiary alicyclic amines) is 1. The topological polar surface area (TPSA) is 29.5 Å². The van der Waals surface area contributed by atoms with Gasteiger partial charge < -0.3 is 9.33 Å². The van der Waals surface area contributed by atoms with Gasteiger partial charge in [0.15, 0.2) is 8.32 Å². The highest BCUT2D eigenvalue weighted by atomic mass is 28.4. The van der Waals surface area contributed by atoms with Gasteiger partial charge in [-0.1, -0.05) is 0 Å². The van der Waals surface area contributed by atoms with Gasteiger partial charge in [-0.15, -0.1) is 0 Å². The molecule has 1 amide bonds. The Labute approximate surface area is 81.2 Å². The van der Waals surface area contributed by atoms with Crippen LogP contribution in [0.4, 0.5) is 0 Å². The molecule has 1 aliphatic heterocycles. The third-order valence-corrected chi connectivity index (χ3v) is 3.07. The van der Waals surface area contributed by atoms with Crippen LogP contribution in [0.15, 0.2) is 0 Å². The second-order valence-corrected chi connectivity index (χ2v) is 9.01. The summed E-state index contributed by atoms with van der Waals surface area (Å²) in [7, 11) is -1.46. The monoisotopic (exact) mass is 201 g/mol. The maximum atomic E-state index is 11.4. The predicted octanol–water partition coefficient (Wildman–Crippen LogP) is 1.81. The molecule has 0 N–H and O–H groups in total. The van der Waals surface area contributed by atoms with E-state index in [0.29, 0.717) is 13.2 Å². The van der Waals surface area contributed by atoms with E-state index in [0.717, 1.165) is 19.4 Å². The lowest BCUT2D eigenvalue weighted by molar-refractivity contribution is -0.136. The second kappa shape index (κ2) is 4.24. The van der Waals surface area contributed by atoms with E-state index in [2.05, 4.69) is 19.6 Å². The van der Waals surface area contributed by atoms with Crippen LogP contribution in [0, 0.1) is 0 Å². The van der Waals surface area contributed by atoms with E-state index >= 15 is 0 Å². The van der Waals surface area contributed by atoms with E-state index in [-0.39, 0.29) is 5.91 Å². The zero-order valence-electron chi connectivity index (χ0n) is 8.80. The highest BCUT2D eigenvalue weighted by Crippen LogP contribution is 2.12. The number of hydrogen-bond donors (Lipinski definition) is 0. The zero-order valence-corrected chi connectivity index (χ0v) is 9.80. The van der Waals surface area contributed by atoms with Crippen molar-refractivity contribution in [2.24, 2.45) is 0 Å². The summed E-state index contributed by atoms with van der Waals surface area (Å²) in [6.45, 7) is 7.81. The summed E-state index contributed by atoms with van der Waals surface area (Å²) in [6.07, 6.45) is 2.87. The minimum Gasteiger partial charge on any atom is -0.400 e. The van der Waals surface area contributed by atoms with Crippen LogP contribution in [0.3, 0.4) is 0 Å². The Kier molecular flexibility index (Phi) is 3.50. The van der Waals surface area contributed by atoms with Gasteiger partial charge in [-0.05, 0) is 32.5 Å². The first-order valence-electron chi connectivity index (χ1n) is 4.91. The molecule has 0 bridgehead atoms. The van der Waals surface area contributed by atoms with Gasteiger partial charge in [0.05, 0.1) is 0 Å². The summed E-state index contributed by atoms with van der Waals surface area (Å²) >= 11 is 0. The molecule has 1 saturated heterocycles. The smallest absolute Gasteiger partial charge is 0.224 e. The molecule has 76 valence electrons. The summed E-state index contributed by atoms with van der Waals surface area (Å²) < 4.78 is 5.68. The summed E-state index contributed by atoms with van der Waals surface area (Å²) in [4.78, 5) is 13.2. The van der Waals surface area contributed by atoms with Gasteiger partial charge in [-0.25, -0.2) is 0 Å². The molecule has 0 unspecified atom stereocenters. The highest BCUT2D eigenvalue weighted by Gasteiger charge is 2.21. The van der Waals surface area contributed by atoms with Crippen molar-refractivity contribution >= 4 is 14.2 Å². The first-order chi connectivity index (χ1) is 5.99. The Bertz CT molecular complexity index is 189. The Morgan fingerprint density at radius 2 is 2.08 bits per heavy atom. The minimum absolute atomic E-state index is 0.254. The van der Waals surface area contributed by atoms with Crippen LogP contribution in [0.2, 0.25) is 19.6 Å². The largest absolute Gasteiger partial charge is 0.400 e. The molecular weight excluding hydrogens is 182 g/mol. The van der Waals surface area contributed by atoms with Crippen molar-refractivity contribution < 1.29 is 9.22 Å². The fourth-order valence-electron chi connectivity index (χ4n) is 1.27. The first-order valence-corrected chi connectivity index (χ1v) is 8.31. The van der Waals surface area contributed by atoms with Gasteiger partial charge in [0.2, 0.25) is 5.91 Å².